The summed E-state index contributed by atoms with van der Waals surface area (Å²) >= 11 is 0. The maximum absolute atomic E-state index is 4.42. The molecule has 2 heteroatoms. The highest BCUT2D eigenvalue weighted by atomic mass is 15.0. The van der Waals surface area contributed by atoms with Crippen molar-refractivity contribution in [2.75, 3.05) is 0 Å². The molecule has 0 radical (unpaired) electrons. The molecule has 0 saturated heterocycles. The minimum atomic E-state index is 1.10. The van der Waals surface area contributed by atoms with E-state index >= 15 is 0 Å². The van der Waals surface area contributed by atoms with Crippen LogP contribution in [0, 0.1) is 0 Å². The first kappa shape index (κ1) is 14.0. The standard InChI is InChI=1S/C23H16N2/c1-2-8-17(9-3-1)18-14-15-24-16-23(18)25-21-12-6-4-10-19(21)20-11-5-7-13-22(20)25/h1-16H. The summed E-state index contributed by atoms with van der Waals surface area (Å²) in [5, 5.41) is 2.53. The summed E-state index contributed by atoms with van der Waals surface area (Å²) in [7, 11) is 0. The van der Waals surface area contributed by atoms with Gasteiger partial charge in [0.2, 0.25) is 0 Å². The van der Waals surface area contributed by atoms with Gasteiger partial charge in [-0.1, -0.05) is 66.7 Å². The summed E-state index contributed by atoms with van der Waals surface area (Å²) < 4.78 is 2.32. The second-order valence-electron chi connectivity index (χ2n) is 6.13. The zero-order chi connectivity index (χ0) is 16.6. The van der Waals surface area contributed by atoms with Gasteiger partial charge in [-0.3, -0.25) is 4.98 Å². The Hall–Kier alpha value is -3.39. The number of fused-ring (bicyclic) bond motifs is 3. The molecule has 5 aromatic rings. The lowest BCUT2D eigenvalue weighted by Crippen LogP contribution is -1.97. The normalized spacial score (nSPS) is 11.2. The second kappa shape index (κ2) is 5.60. The van der Waals surface area contributed by atoms with Crippen LogP contribution in [0.4, 0.5) is 0 Å². The maximum atomic E-state index is 4.42. The molecule has 0 aliphatic rings. The van der Waals surface area contributed by atoms with Gasteiger partial charge >= 0.3 is 0 Å². The Balaban J connectivity index is 1.92. The Labute approximate surface area is 146 Å². The highest BCUT2D eigenvalue weighted by Gasteiger charge is 2.14. The fourth-order valence-electron chi connectivity index (χ4n) is 3.61. The molecule has 0 fully saturated rings. The molecule has 0 aliphatic carbocycles. The highest BCUT2D eigenvalue weighted by molar-refractivity contribution is 6.09. The predicted molar refractivity (Wildman–Crippen MR) is 104 cm³/mol. The average molecular weight is 320 g/mol. The minimum absolute atomic E-state index is 1.10. The van der Waals surface area contributed by atoms with Crippen molar-refractivity contribution in [1.82, 2.24) is 9.55 Å². The minimum Gasteiger partial charge on any atom is -0.307 e. The van der Waals surface area contributed by atoms with Crippen LogP contribution in [0.1, 0.15) is 0 Å². The van der Waals surface area contributed by atoms with Gasteiger partial charge in [-0.2, -0.15) is 0 Å². The highest BCUT2D eigenvalue weighted by Crippen LogP contribution is 2.35. The lowest BCUT2D eigenvalue weighted by Gasteiger charge is -2.13. The number of hydrogen-bond acceptors (Lipinski definition) is 1. The first-order chi connectivity index (χ1) is 12.4. The zero-order valence-electron chi connectivity index (χ0n) is 13.6. The van der Waals surface area contributed by atoms with E-state index in [9.17, 15) is 0 Å². The number of pyridine rings is 1. The number of hydrogen-bond donors (Lipinski definition) is 0. The molecule has 2 nitrogen and oxygen atoms in total. The van der Waals surface area contributed by atoms with Gasteiger partial charge in [0, 0.05) is 22.5 Å². The van der Waals surface area contributed by atoms with Crippen LogP contribution >= 0.6 is 0 Å². The van der Waals surface area contributed by atoms with Gasteiger partial charge in [-0.15, -0.1) is 0 Å². The quantitative estimate of drug-likeness (QED) is 0.399. The molecule has 0 amide bonds. The van der Waals surface area contributed by atoms with Crippen molar-refractivity contribution < 1.29 is 0 Å². The zero-order valence-corrected chi connectivity index (χ0v) is 13.6. The molecule has 2 heterocycles. The van der Waals surface area contributed by atoms with E-state index in [4.69, 9.17) is 0 Å². The lowest BCUT2D eigenvalue weighted by molar-refractivity contribution is 1.14. The number of nitrogens with zero attached hydrogens (tertiary/aromatic N) is 2. The van der Waals surface area contributed by atoms with Gasteiger partial charge < -0.3 is 4.57 Å². The SMILES string of the molecule is c1ccc(-c2ccncc2-n2c3ccccc3c3ccccc32)cc1. The largest absolute Gasteiger partial charge is 0.307 e. The first-order valence-electron chi connectivity index (χ1n) is 8.41. The van der Waals surface area contributed by atoms with E-state index in [1.807, 2.05) is 18.5 Å². The van der Waals surface area contributed by atoms with Crippen molar-refractivity contribution >= 4 is 21.8 Å². The molecular weight excluding hydrogens is 304 g/mol. The van der Waals surface area contributed by atoms with E-state index in [2.05, 4.69) is 88.4 Å². The van der Waals surface area contributed by atoms with E-state index in [1.165, 1.54) is 32.9 Å². The van der Waals surface area contributed by atoms with Crippen molar-refractivity contribution in [2.24, 2.45) is 0 Å². The molecule has 0 atom stereocenters. The Bertz CT molecular complexity index is 1130. The molecule has 118 valence electrons. The van der Waals surface area contributed by atoms with Crippen molar-refractivity contribution in [3.05, 3.63) is 97.3 Å². The Morgan fingerprint density at radius 1 is 0.600 bits per heavy atom. The van der Waals surface area contributed by atoms with Gasteiger partial charge in [0.1, 0.15) is 0 Å². The van der Waals surface area contributed by atoms with Crippen molar-refractivity contribution in [3.8, 4) is 16.8 Å². The summed E-state index contributed by atoms with van der Waals surface area (Å²) in [5.41, 5.74) is 5.89. The van der Waals surface area contributed by atoms with Crippen LogP contribution in [0.3, 0.4) is 0 Å². The number of para-hydroxylation sites is 2. The Kier molecular flexibility index (Phi) is 3.14. The van der Waals surface area contributed by atoms with Crippen LogP contribution in [0.2, 0.25) is 0 Å². The van der Waals surface area contributed by atoms with Crippen LogP contribution < -0.4 is 0 Å². The molecular formula is C23H16N2. The maximum Gasteiger partial charge on any atom is 0.0723 e. The predicted octanol–water partition coefficient (Wildman–Crippen LogP) is 5.85. The molecule has 0 N–H and O–H groups in total. The fraction of sp³-hybridized carbons (Fsp3) is 0. The van der Waals surface area contributed by atoms with E-state index in [0.717, 1.165) is 5.69 Å². The summed E-state index contributed by atoms with van der Waals surface area (Å²) in [6.07, 6.45) is 3.82. The molecule has 2 aromatic heterocycles. The number of rotatable bonds is 2. The van der Waals surface area contributed by atoms with Crippen molar-refractivity contribution in [2.45, 2.75) is 0 Å². The topological polar surface area (TPSA) is 17.8 Å². The molecule has 0 bridgehead atoms. The molecule has 0 aliphatic heterocycles. The summed E-state index contributed by atoms with van der Waals surface area (Å²) in [4.78, 5) is 4.42. The van der Waals surface area contributed by atoms with Gasteiger partial charge in [0.25, 0.3) is 0 Å². The molecule has 5 rings (SSSR count). The smallest absolute Gasteiger partial charge is 0.0723 e. The number of benzene rings is 3. The van der Waals surface area contributed by atoms with Gasteiger partial charge in [0.15, 0.2) is 0 Å². The van der Waals surface area contributed by atoms with Crippen LogP contribution in [-0.4, -0.2) is 9.55 Å². The molecule has 25 heavy (non-hydrogen) atoms. The third-order valence-corrected chi connectivity index (χ3v) is 4.71. The molecule has 0 saturated carbocycles. The Morgan fingerprint density at radius 3 is 1.88 bits per heavy atom. The average Bonchev–Trinajstić information content (AvgIpc) is 3.03. The third kappa shape index (κ3) is 2.15. The van der Waals surface area contributed by atoms with E-state index in [1.54, 1.807) is 0 Å². The van der Waals surface area contributed by atoms with E-state index in [-0.39, 0.29) is 0 Å². The second-order valence-corrected chi connectivity index (χ2v) is 6.13. The first-order valence-corrected chi connectivity index (χ1v) is 8.41. The number of aromatic nitrogens is 2. The van der Waals surface area contributed by atoms with Gasteiger partial charge in [0.05, 0.1) is 22.9 Å². The summed E-state index contributed by atoms with van der Waals surface area (Å²) in [6, 6.07) is 29.7. The van der Waals surface area contributed by atoms with Crippen molar-refractivity contribution in [3.63, 3.8) is 0 Å². The monoisotopic (exact) mass is 320 g/mol. The third-order valence-electron chi connectivity index (χ3n) is 4.71. The van der Waals surface area contributed by atoms with E-state index in [0.29, 0.717) is 0 Å². The van der Waals surface area contributed by atoms with Crippen LogP contribution in [0.5, 0.6) is 0 Å². The summed E-state index contributed by atoms with van der Waals surface area (Å²) in [5.74, 6) is 0. The van der Waals surface area contributed by atoms with Crippen molar-refractivity contribution in [1.29, 1.82) is 0 Å². The lowest BCUT2D eigenvalue weighted by atomic mass is 10.1. The van der Waals surface area contributed by atoms with Gasteiger partial charge in [-0.25, -0.2) is 0 Å². The summed E-state index contributed by atoms with van der Waals surface area (Å²) in [6.45, 7) is 0. The van der Waals surface area contributed by atoms with E-state index < -0.39 is 0 Å². The fourth-order valence-corrected chi connectivity index (χ4v) is 3.61. The van der Waals surface area contributed by atoms with Crippen LogP contribution in [-0.2, 0) is 0 Å². The molecule has 0 unspecified atom stereocenters. The molecule has 3 aromatic carbocycles. The molecule has 0 spiro atoms. The van der Waals surface area contributed by atoms with Crippen LogP contribution in [0.25, 0.3) is 38.6 Å². The van der Waals surface area contributed by atoms with Crippen LogP contribution in [0.15, 0.2) is 97.3 Å². The Morgan fingerprint density at radius 2 is 1.20 bits per heavy atom. The van der Waals surface area contributed by atoms with Gasteiger partial charge in [-0.05, 0) is 23.8 Å².